The van der Waals surface area contributed by atoms with Crippen LogP contribution < -0.4 is 0 Å². The highest BCUT2D eigenvalue weighted by Crippen LogP contribution is 2.53. The molecule has 0 radical (unpaired) electrons. The number of carbonyl (C=O) groups is 3. The van der Waals surface area contributed by atoms with Gasteiger partial charge in [-0.05, 0) is 73.3 Å². The Morgan fingerprint density at radius 1 is 0.614 bits per heavy atom. The number of carbonyl (C=O) groups excluding carboxylic acids is 3. The first-order valence-electron chi connectivity index (χ1n) is 16.4. The average molecular weight is 689 g/mol. The summed E-state index contributed by atoms with van der Waals surface area (Å²) in [5.74, 6) is -1.89. The minimum absolute atomic E-state index is 0.0423. The van der Waals surface area contributed by atoms with Gasteiger partial charge in [0, 0.05) is 0 Å². The quantitative estimate of drug-likeness (QED) is 0.104. The monoisotopic (exact) mass is 688 g/mol. The molecule has 1 amide bonds. The zero-order chi connectivity index (χ0) is 35.7. The van der Waals surface area contributed by atoms with Crippen LogP contribution in [0.3, 0.4) is 0 Å². The Hall–Kier alpha value is -0.762. The molecule has 0 aromatic heterocycles. The summed E-state index contributed by atoms with van der Waals surface area (Å²) in [6.45, 7) is 45.7. The number of rotatable bonds is 9. The predicted molar refractivity (Wildman–Crippen MR) is 194 cm³/mol. The van der Waals surface area contributed by atoms with E-state index in [4.69, 9.17) is 13.3 Å². The molecular formula is C33H69NO6Si4. The molecule has 1 fully saturated rings. The molecule has 0 aliphatic carbocycles. The lowest BCUT2D eigenvalue weighted by atomic mass is 9.72. The van der Waals surface area contributed by atoms with Crippen LogP contribution in [-0.2, 0) is 27.7 Å². The zero-order valence-corrected chi connectivity index (χ0v) is 36.6. The molecule has 0 unspecified atom stereocenters. The minimum atomic E-state index is -2.65. The highest BCUT2D eigenvalue weighted by Gasteiger charge is 2.70. The Morgan fingerprint density at radius 2 is 0.932 bits per heavy atom. The molecule has 7 nitrogen and oxygen atoms in total. The van der Waals surface area contributed by atoms with E-state index in [1.54, 1.807) is 6.92 Å². The first-order chi connectivity index (χ1) is 18.9. The molecule has 4 atom stereocenters. The Morgan fingerprint density at radius 3 is 1.20 bits per heavy atom. The molecule has 1 saturated heterocycles. The van der Waals surface area contributed by atoms with Gasteiger partial charge in [-0.25, -0.2) is 0 Å². The van der Waals surface area contributed by atoms with Gasteiger partial charge in [0.15, 0.2) is 22.0 Å². The minimum Gasteiger partial charge on any atom is -0.518 e. The molecule has 1 aliphatic heterocycles. The fraction of sp³-hybridized carbons (Fsp3) is 0.909. The van der Waals surface area contributed by atoms with Crippen LogP contribution in [-0.4, -0.2) is 67.7 Å². The predicted octanol–water partition coefficient (Wildman–Crippen LogP) is 9.33. The van der Waals surface area contributed by atoms with E-state index >= 15 is 0 Å². The van der Waals surface area contributed by atoms with Gasteiger partial charge in [0.2, 0.25) is 5.91 Å². The third kappa shape index (κ3) is 7.52. The molecule has 1 aliphatic rings. The molecule has 0 N–H and O–H groups in total. The van der Waals surface area contributed by atoms with Crippen LogP contribution in [0.25, 0.3) is 0 Å². The van der Waals surface area contributed by atoms with Crippen LogP contribution >= 0.6 is 0 Å². The third-order valence-electron chi connectivity index (χ3n) is 12.1. The smallest absolute Gasteiger partial charge is 0.312 e. The van der Waals surface area contributed by atoms with Crippen molar-refractivity contribution in [1.82, 2.24) is 4.57 Å². The molecule has 11 heteroatoms. The summed E-state index contributed by atoms with van der Waals surface area (Å²) in [5, 5.41) is -0.823. The van der Waals surface area contributed by atoms with Gasteiger partial charge in [-0.15, -0.1) is 0 Å². The molecule has 0 saturated carbocycles. The lowest BCUT2D eigenvalue weighted by Crippen LogP contribution is -2.80. The number of amides is 1. The van der Waals surface area contributed by atoms with Crippen LogP contribution in [0.5, 0.6) is 0 Å². The summed E-state index contributed by atoms with van der Waals surface area (Å²) in [6, 6.07) is -0.745. The molecule has 1 rings (SSSR count). The Bertz CT molecular complexity index is 1060. The van der Waals surface area contributed by atoms with Crippen LogP contribution in [0.15, 0.2) is 0 Å². The van der Waals surface area contributed by atoms with Crippen molar-refractivity contribution in [1.29, 1.82) is 0 Å². The Kier molecular flexibility index (Phi) is 11.3. The average Bonchev–Trinajstić information content (AvgIpc) is 2.72. The Labute approximate surface area is 275 Å². The van der Waals surface area contributed by atoms with E-state index in [-0.39, 0.29) is 26.1 Å². The van der Waals surface area contributed by atoms with Crippen LogP contribution in [0, 0.1) is 11.3 Å². The van der Waals surface area contributed by atoms with Gasteiger partial charge >= 0.3 is 11.9 Å². The number of hydrogen-bond donors (Lipinski definition) is 0. The highest BCUT2D eigenvalue weighted by atomic mass is 28.4. The molecule has 0 aromatic carbocycles. The van der Waals surface area contributed by atoms with Crippen molar-refractivity contribution in [3.05, 3.63) is 0 Å². The number of nitrogens with zero attached hydrogens (tertiary/aromatic N) is 1. The third-order valence-corrected chi connectivity index (χ3v) is 30.7. The highest BCUT2D eigenvalue weighted by molar-refractivity contribution is 6.80. The van der Waals surface area contributed by atoms with Gasteiger partial charge in [0.1, 0.15) is 0 Å². The van der Waals surface area contributed by atoms with E-state index in [1.165, 1.54) is 0 Å². The lowest BCUT2D eigenvalue weighted by Gasteiger charge is -2.63. The maximum atomic E-state index is 14.8. The van der Waals surface area contributed by atoms with E-state index < -0.39 is 68.6 Å². The van der Waals surface area contributed by atoms with Crippen LogP contribution in [0.4, 0.5) is 0 Å². The maximum Gasteiger partial charge on any atom is 0.312 e. The van der Waals surface area contributed by atoms with Crippen molar-refractivity contribution in [2.24, 2.45) is 11.3 Å². The second-order valence-electron chi connectivity index (χ2n) is 19.6. The fourth-order valence-electron chi connectivity index (χ4n) is 4.59. The van der Waals surface area contributed by atoms with Gasteiger partial charge in [-0.2, -0.15) is 0 Å². The van der Waals surface area contributed by atoms with Crippen molar-refractivity contribution in [3.8, 4) is 0 Å². The number of β-lactam (4-membered cyclic amide) rings is 1. The summed E-state index contributed by atoms with van der Waals surface area (Å²) >= 11 is 0. The summed E-state index contributed by atoms with van der Waals surface area (Å²) in [4.78, 5) is 43.9. The summed E-state index contributed by atoms with van der Waals surface area (Å²) in [6.07, 6.45) is -0.491. The zero-order valence-electron chi connectivity index (χ0n) is 32.6. The summed E-state index contributed by atoms with van der Waals surface area (Å²) in [5.41, 5.74) is -1.73. The van der Waals surface area contributed by atoms with E-state index in [0.717, 1.165) is 0 Å². The Balaban J connectivity index is 4.07. The van der Waals surface area contributed by atoms with Gasteiger partial charge in [0.25, 0.3) is 16.6 Å². The second kappa shape index (κ2) is 12.0. The summed E-state index contributed by atoms with van der Waals surface area (Å²) in [7, 11) is -10.2. The van der Waals surface area contributed by atoms with E-state index in [0.29, 0.717) is 0 Å². The molecule has 1 heterocycles. The molecule has 44 heavy (non-hydrogen) atoms. The molecule has 0 bridgehead atoms. The van der Waals surface area contributed by atoms with Gasteiger partial charge in [0.05, 0.1) is 18.1 Å². The van der Waals surface area contributed by atoms with Crippen LogP contribution in [0.2, 0.25) is 72.5 Å². The standard InChI is InChI=1S/C33H69NO6Si4/c1-23(38-42(17,18)30(5,6)7)24-25(34(26(24)35)41(15,16)29(2,3)4)33(14,27(36)39-43(19,20)31(8,9)10)28(37)40-44(21,22)32(11,12)13/h23-25H,1-22H3/t23-,24-,25+/m1/s1/i27+1/t23-,24-,25+,33-. The molecule has 258 valence electrons. The fourth-order valence-corrected chi connectivity index (χ4v) is 10.5. The van der Waals surface area contributed by atoms with Crippen molar-refractivity contribution < 1.29 is 27.7 Å². The lowest BCUT2D eigenvalue weighted by molar-refractivity contribution is -0.181. The van der Waals surface area contributed by atoms with Crippen LogP contribution in [0.1, 0.15) is 96.9 Å². The first kappa shape index (κ1) is 41.3. The van der Waals surface area contributed by atoms with E-state index in [9.17, 15) is 14.4 Å². The van der Waals surface area contributed by atoms with Gasteiger partial charge in [-0.3, -0.25) is 14.4 Å². The van der Waals surface area contributed by atoms with Crippen molar-refractivity contribution in [3.63, 3.8) is 0 Å². The van der Waals surface area contributed by atoms with Gasteiger partial charge < -0.3 is 17.8 Å². The summed E-state index contributed by atoms with van der Waals surface area (Å²) < 4.78 is 21.7. The SMILES string of the molecule is C[C@@H](O[Si](C)(C)C(C)(C)C)[C@H]1C(=O)N([Si](C)(C)C(C)(C)C)[C@@H]1[C@@](C)(C(=O)O[Si](C)(C)C(C)(C)C)[13C](=O)O[Si](C)(C)C(C)(C)C. The second-order valence-corrected chi connectivity index (χ2v) is 38.9. The van der Waals surface area contributed by atoms with E-state index in [1.807, 2.05) is 37.7 Å². The number of hydrogen-bond acceptors (Lipinski definition) is 6. The van der Waals surface area contributed by atoms with E-state index in [2.05, 4.69) is 109 Å². The van der Waals surface area contributed by atoms with Crippen molar-refractivity contribution in [2.45, 2.75) is 182 Å². The normalized spacial score (nSPS) is 21.8. The largest absolute Gasteiger partial charge is 0.518 e. The maximum absolute atomic E-state index is 14.8. The molecule has 0 aromatic rings. The molecular weight excluding hydrogens is 620 g/mol. The van der Waals surface area contributed by atoms with Gasteiger partial charge in [-0.1, -0.05) is 96.2 Å². The topological polar surface area (TPSA) is 82.1 Å². The van der Waals surface area contributed by atoms with Crippen molar-refractivity contribution in [2.75, 3.05) is 0 Å². The van der Waals surface area contributed by atoms with Crippen molar-refractivity contribution >= 4 is 51.0 Å². The first-order valence-corrected chi connectivity index (χ1v) is 28.1. The molecule has 0 spiro atoms.